The summed E-state index contributed by atoms with van der Waals surface area (Å²) in [5.41, 5.74) is 7.55. The molecule has 0 bridgehead atoms. The molecule has 1 amide bonds. The second-order valence-electron chi connectivity index (χ2n) is 9.15. The summed E-state index contributed by atoms with van der Waals surface area (Å²) in [4.78, 5) is 13.0. The minimum atomic E-state index is -3.94. The monoisotopic (exact) mass is 582 g/mol. The maximum atomic E-state index is 13.4. The number of aromatic nitrogens is 1. The van der Waals surface area contributed by atoms with Gasteiger partial charge in [0.2, 0.25) is 10.0 Å². The number of halogens is 2. The normalized spacial score (nSPS) is 11.8. The molecular formula is C29H28Cl2N4O3S. The summed E-state index contributed by atoms with van der Waals surface area (Å²) in [6, 6.07) is 22.9. The maximum Gasteiger partial charge on any atom is 0.255 e. The van der Waals surface area contributed by atoms with Gasteiger partial charge in [-0.15, -0.1) is 0 Å². The zero-order chi connectivity index (χ0) is 28.2. The summed E-state index contributed by atoms with van der Waals surface area (Å²) in [5, 5.41) is 5.14. The van der Waals surface area contributed by atoms with Crippen LogP contribution in [0.3, 0.4) is 0 Å². The van der Waals surface area contributed by atoms with Crippen molar-refractivity contribution < 1.29 is 13.2 Å². The van der Waals surface area contributed by atoms with Crippen LogP contribution in [-0.4, -0.2) is 36.0 Å². The number of benzene rings is 3. The van der Waals surface area contributed by atoms with Gasteiger partial charge in [0.1, 0.15) is 0 Å². The molecule has 1 heterocycles. The highest BCUT2D eigenvalue weighted by molar-refractivity contribution is 7.89. The van der Waals surface area contributed by atoms with Gasteiger partial charge >= 0.3 is 0 Å². The first kappa shape index (κ1) is 28.6. The summed E-state index contributed by atoms with van der Waals surface area (Å²) in [5.74, 6) is -0.562. The van der Waals surface area contributed by atoms with Gasteiger partial charge in [0, 0.05) is 39.2 Å². The van der Waals surface area contributed by atoms with E-state index in [0.29, 0.717) is 10.0 Å². The molecule has 0 fully saturated rings. The third-order valence-corrected chi connectivity index (χ3v) is 8.39. The molecule has 0 unspecified atom stereocenters. The lowest BCUT2D eigenvalue weighted by atomic mass is 10.2. The highest BCUT2D eigenvalue weighted by Gasteiger charge is 2.27. The molecule has 3 aromatic carbocycles. The number of sulfonamides is 1. The number of hydrogen-bond acceptors (Lipinski definition) is 4. The molecule has 0 saturated heterocycles. The predicted molar refractivity (Wildman–Crippen MR) is 156 cm³/mol. The van der Waals surface area contributed by atoms with Gasteiger partial charge < -0.3 is 4.57 Å². The molecule has 0 aliphatic carbocycles. The maximum absolute atomic E-state index is 13.4. The first-order valence-corrected chi connectivity index (χ1v) is 14.3. The molecule has 0 radical (unpaired) electrons. The van der Waals surface area contributed by atoms with Crippen LogP contribution >= 0.6 is 23.2 Å². The van der Waals surface area contributed by atoms with Crippen LogP contribution in [0.4, 0.5) is 0 Å². The molecule has 0 spiro atoms. The number of amides is 1. The van der Waals surface area contributed by atoms with Gasteiger partial charge in [-0.25, -0.2) is 13.8 Å². The van der Waals surface area contributed by atoms with E-state index >= 15 is 0 Å². The standard InChI is InChI=1S/C29H28Cl2N4O3S/c1-20-9-11-28(12-10-20)39(37,38)34(18-23-7-5-4-6-8-23)19-29(36)33-32-17-24-13-21(2)35(22(24)3)27-15-25(30)14-26(31)16-27/h4-17H,18-19H2,1-3H3,(H,33,36)/b32-17+. The lowest BCUT2D eigenvalue weighted by Crippen LogP contribution is -2.39. The molecular weight excluding hydrogens is 555 g/mol. The molecule has 0 aliphatic heterocycles. The van der Waals surface area contributed by atoms with E-state index in [0.717, 1.165) is 38.1 Å². The number of aryl methyl sites for hydroxylation is 2. The number of hydrazone groups is 1. The van der Waals surface area contributed by atoms with Crippen LogP contribution in [0.2, 0.25) is 10.0 Å². The second kappa shape index (κ2) is 12.2. The lowest BCUT2D eigenvalue weighted by molar-refractivity contribution is -0.121. The van der Waals surface area contributed by atoms with E-state index in [1.54, 1.807) is 30.3 Å². The summed E-state index contributed by atoms with van der Waals surface area (Å²) in [6.07, 6.45) is 1.53. The molecule has 7 nitrogen and oxygen atoms in total. The topological polar surface area (TPSA) is 83.8 Å². The quantitative estimate of drug-likeness (QED) is 0.192. The van der Waals surface area contributed by atoms with E-state index in [2.05, 4.69) is 10.5 Å². The van der Waals surface area contributed by atoms with Gasteiger partial charge in [-0.2, -0.15) is 9.41 Å². The zero-order valence-electron chi connectivity index (χ0n) is 21.7. The van der Waals surface area contributed by atoms with Crippen molar-refractivity contribution in [3.63, 3.8) is 0 Å². The van der Waals surface area contributed by atoms with E-state index in [9.17, 15) is 13.2 Å². The van der Waals surface area contributed by atoms with Crippen LogP contribution in [-0.2, 0) is 21.4 Å². The number of nitrogens with zero attached hydrogens (tertiary/aromatic N) is 3. The molecule has 0 saturated carbocycles. The third-order valence-electron chi connectivity index (χ3n) is 6.15. The van der Waals surface area contributed by atoms with Crippen molar-refractivity contribution >= 4 is 45.3 Å². The molecule has 39 heavy (non-hydrogen) atoms. The minimum Gasteiger partial charge on any atom is -0.318 e. The SMILES string of the molecule is Cc1ccc(S(=O)(=O)N(CC(=O)N/N=C/c2cc(C)n(-c3cc(Cl)cc(Cl)c3)c2C)Cc2ccccc2)cc1. The Hall–Kier alpha value is -3.43. The fourth-order valence-electron chi connectivity index (χ4n) is 4.23. The van der Waals surface area contributed by atoms with Crippen molar-refractivity contribution in [1.29, 1.82) is 0 Å². The van der Waals surface area contributed by atoms with Crippen LogP contribution in [0, 0.1) is 20.8 Å². The zero-order valence-corrected chi connectivity index (χ0v) is 24.1. The van der Waals surface area contributed by atoms with Crippen molar-refractivity contribution in [2.45, 2.75) is 32.2 Å². The van der Waals surface area contributed by atoms with Gasteiger partial charge in [-0.3, -0.25) is 4.79 Å². The average Bonchev–Trinajstić information content (AvgIpc) is 3.16. The van der Waals surface area contributed by atoms with Crippen molar-refractivity contribution in [3.8, 4) is 5.69 Å². The number of hydrogen-bond donors (Lipinski definition) is 1. The van der Waals surface area contributed by atoms with E-state index in [-0.39, 0.29) is 11.4 Å². The Morgan fingerprint density at radius 1 is 0.949 bits per heavy atom. The summed E-state index contributed by atoms with van der Waals surface area (Å²) in [6.45, 7) is 5.38. The van der Waals surface area contributed by atoms with Gasteiger partial charge in [0.05, 0.1) is 17.7 Å². The van der Waals surface area contributed by atoms with Crippen molar-refractivity contribution in [2.75, 3.05) is 6.54 Å². The minimum absolute atomic E-state index is 0.0392. The second-order valence-corrected chi connectivity index (χ2v) is 12.0. The smallest absolute Gasteiger partial charge is 0.255 e. The Kier molecular flexibility index (Phi) is 8.92. The largest absolute Gasteiger partial charge is 0.318 e. The van der Waals surface area contributed by atoms with Crippen LogP contribution in [0.15, 0.2) is 88.9 Å². The van der Waals surface area contributed by atoms with Crippen LogP contribution < -0.4 is 5.43 Å². The Morgan fingerprint density at radius 3 is 2.23 bits per heavy atom. The number of rotatable bonds is 9. The molecule has 4 rings (SSSR count). The van der Waals surface area contributed by atoms with Gasteiger partial charge in [-0.05, 0) is 62.7 Å². The summed E-state index contributed by atoms with van der Waals surface area (Å²) >= 11 is 12.4. The molecule has 1 aromatic heterocycles. The van der Waals surface area contributed by atoms with Gasteiger partial charge in [0.15, 0.2) is 0 Å². The first-order chi connectivity index (χ1) is 18.5. The molecule has 202 valence electrons. The predicted octanol–water partition coefficient (Wildman–Crippen LogP) is 6.05. The summed E-state index contributed by atoms with van der Waals surface area (Å²) in [7, 11) is -3.94. The Balaban J connectivity index is 1.52. The highest BCUT2D eigenvalue weighted by atomic mass is 35.5. The molecule has 10 heteroatoms. The molecule has 0 atom stereocenters. The summed E-state index contributed by atoms with van der Waals surface area (Å²) < 4.78 is 30.0. The lowest BCUT2D eigenvalue weighted by Gasteiger charge is -2.21. The highest BCUT2D eigenvalue weighted by Crippen LogP contribution is 2.26. The van der Waals surface area contributed by atoms with E-state index in [4.69, 9.17) is 23.2 Å². The Bertz CT molecular complexity index is 1600. The fraction of sp³-hybridized carbons (Fsp3) is 0.172. The van der Waals surface area contributed by atoms with E-state index in [1.807, 2.05) is 73.9 Å². The van der Waals surface area contributed by atoms with Crippen molar-refractivity contribution in [1.82, 2.24) is 14.3 Å². The van der Waals surface area contributed by atoms with Gasteiger partial charge in [-0.1, -0.05) is 71.2 Å². The Labute approximate surface area is 238 Å². The van der Waals surface area contributed by atoms with Gasteiger partial charge in [0.25, 0.3) is 5.91 Å². The molecule has 1 N–H and O–H groups in total. The van der Waals surface area contributed by atoms with Crippen LogP contribution in [0.1, 0.15) is 28.1 Å². The first-order valence-electron chi connectivity index (χ1n) is 12.1. The fourth-order valence-corrected chi connectivity index (χ4v) is 6.12. The van der Waals surface area contributed by atoms with Crippen LogP contribution in [0.25, 0.3) is 5.69 Å². The van der Waals surface area contributed by atoms with Crippen molar-refractivity contribution in [3.05, 3.63) is 117 Å². The average molecular weight is 584 g/mol. The number of carbonyl (C=O) groups is 1. The van der Waals surface area contributed by atoms with Crippen LogP contribution in [0.5, 0.6) is 0 Å². The molecule has 4 aromatic rings. The number of nitrogens with one attached hydrogen (secondary N) is 1. The molecule has 0 aliphatic rings. The van der Waals surface area contributed by atoms with Crippen molar-refractivity contribution in [2.24, 2.45) is 5.10 Å². The van der Waals surface area contributed by atoms with E-state index < -0.39 is 22.5 Å². The third kappa shape index (κ3) is 6.96. The Morgan fingerprint density at radius 2 is 1.59 bits per heavy atom. The number of carbonyl (C=O) groups excluding carboxylic acids is 1. The van der Waals surface area contributed by atoms with E-state index in [1.165, 1.54) is 6.21 Å².